The van der Waals surface area contributed by atoms with Crippen molar-refractivity contribution in [2.24, 2.45) is 5.73 Å². The zero-order chi connectivity index (χ0) is 22.0. The number of aromatic amines is 1. The Morgan fingerprint density at radius 1 is 1.17 bits per heavy atom. The Labute approximate surface area is 174 Å². The van der Waals surface area contributed by atoms with Gasteiger partial charge in [-0.3, -0.25) is 9.78 Å². The number of aromatic nitrogens is 2. The van der Waals surface area contributed by atoms with Crippen LogP contribution >= 0.6 is 0 Å². The monoisotopic (exact) mass is 407 g/mol. The lowest BCUT2D eigenvalue weighted by molar-refractivity contribution is 0.433. The highest BCUT2D eigenvalue weighted by molar-refractivity contribution is 6.14. The van der Waals surface area contributed by atoms with E-state index in [0.29, 0.717) is 39.3 Å². The lowest BCUT2D eigenvalue weighted by atomic mass is 9.92. The predicted molar refractivity (Wildman–Crippen MR) is 120 cm³/mol. The smallest absolute Gasteiger partial charge is 0.257 e. The number of nitrogens with zero attached hydrogens (tertiary/aromatic N) is 1. The Bertz CT molecular complexity index is 1260. The lowest BCUT2D eigenvalue weighted by Gasteiger charge is -2.16. The molecule has 6 heteroatoms. The molecule has 4 rings (SSSR count). The van der Waals surface area contributed by atoms with E-state index in [4.69, 9.17) is 5.73 Å². The minimum Gasteiger partial charge on any atom is -0.504 e. The Hall–Kier alpha value is -3.25. The summed E-state index contributed by atoms with van der Waals surface area (Å²) in [6.07, 6.45) is 3.05. The molecule has 1 atom stereocenters. The molecule has 4 aromatic rings. The van der Waals surface area contributed by atoms with Crippen LogP contribution in [0.2, 0.25) is 0 Å². The van der Waals surface area contributed by atoms with Gasteiger partial charge in [-0.25, -0.2) is 4.39 Å². The van der Waals surface area contributed by atoms with Crippen molar-refractivity contribution in [3.05, 3.63) is 70.0 Å². The van der Waals surface area contributed by atoms with Crippen LogP contribution in [0.15, 0.2) is 47.5 Å². The zero-order valence-electron chi connectivity index (χ0n) is 17.6. The fourth-order valence-corrected chi connectivity index (χ4v) is 3.62. The minimum absolute atomic E-state index is 0.192. The normalized spacial score (nSPS) is 11.9. The number of fused-ring (bicyclic) bond motifs is 3. The average Bonchev–Trinajstić information content (AvgIpc) is 2.80. The average molecular weight is 407 g/mol. The van der Waals surface area contributed by atoms with Gasteiger partial charge in [0.15, 0.2) is 11.6 Å². The molecule has 0 radical (unpaired) electrons. The van der Waals surface area contributed by atoms with Crippen molar-refractivity contribution >= 4 is 21.7 Å². The van der Waals surface area contributed by atoms with Crippen molar-refractivity contribution in [1.29, 1.82) is 0 Å². The van der Waals surface area contributed by atoms with Crippen LogP contribution in [0.4, 0.5) is 4.39 Å². The molecule has 5 nitrogen and oxygen atoms in total. The minimum atomic E-state index is -0.744. The van der Waals surface area contributed by atoms with Gasteiger partial charge in [-0.15, -0.1) is 0 Å². The standard InChI is InChI=1S/C22H20FN3O2.C2H6/c1-11(9-24)13-3-5-14(6-4-13)17-18-15-7-8-25-10-16(15)22(28)26-20(18)12(2)19(23)21(17)27;1-2/h3-8,10-11,27H,9,24H2,1-2H3,(H,26,28);1-2H3. The number of phenols is 1. The Balaban J connectivity index is 0.00000124. The second-order valence-corrected chi connectivity index (χ2v) is 7.05. The number of hydrogen-bond acceptors (Lipinski definition) is 4. The maximum atomic E-state index is 14.8. The Morgan fingerprint density at radius 3 is 2.47 bits per heavy atom. The Kier molecular flexibility index (Phi) is 6.17. The number of aryl methyl sites for hydroxylation is 1. The molecule has 0 aliphatic rings. The highest BCUT2D eigenvalue weighted by Gasteiger charge is 2.21. The lowest BCUT2D eigenvalue weighted by Crippen LogP contribution is -2.09. The van der Waals surface area contributed by atoms with Gasteiger partial charge in [0, 0.05) is 34.3 Å². The molecule has 4 N–H and O–H groups in total. The quantitative estimate of drug-likeness (QED) is 0.418. The molecule has 2 aromatic heterocycles. The summed E-state index contributed by atoms with van der Waals surface area (Å²) in [5.41, 5.74) is 8.01. The van der Waals surface area contributed by atoms with Crippen molar-refractivity contribution in [3.63, 3.8) is 0 Å². The van der Waals surface area contributed by atoms with Crippen molar-refractivity contribution in [2.75, 3.05) is 6.54 Å². The molecule has 0 aliphatic heterocycles. The summed E-state index contributed by atoms with van der Waals surface area (Å²) < 4.78 is 14.8. The van der Waals surface area contributed by atoms with E-state index in [1.165, 1.54) is 13.1 Å². The molecular weight excluding hydrogens is 381 g/mol. The second-order valence-electron chi connectivity index (χ2n) is 7.05. The van der Waals surface area contributed by atoms with Gasteiger partial charge < -0.3 is 15.8 Å². The first-order chi connectivity index (χ1) is 14.4. The second kappa shape index (κ2) is 8.63. The fraction of sp³-hybridized carbons (Fsp3) is 0.250. The largest absolute Gasteiger partial charge is 0.504 e. The molecule has 0 saturated carbocycles. The first kappa shape index (κ1) is 21.5. The van der Waals surface area contributed by atoms with Gasteiger partial charge in [-0.2, -0.15) is 0 Å². The summed E-state index contributed by atoms with van der Waals surface area (Å²) in [4.78, 5) is 19.2. The summed E-state index contributed by atoms with van der Waals surface area (Å²) in [6.45, 7) is 8.08. The van der Waals surface area contributed by atoms with E-state index in [-0.39, 0.29) is 17.0 Å². The number of pyridine rings is 2. The third-order valence-corrected chi connectivity index (χ3v) is 5.34. The molecule has 0 saturated heterocycles. The first-order valence-corrected chi connectivity index (χ1v) is 10.0. The van der Waals surface area contributed by atoms with Gasteiger partial charge in [0.25, 0.3) is 5.56 Å². The molecule has 156 valence electrons. The maximum absolute atomic E-state index is 14.8. The Morgan fingerprint density at radius 2 is 1.83 bits per heavy atom. The molecule has 2 heterocycles. The van der Waals surface area contributed by atoms with Crippen LogP contribution in [0.5, 0.6) is 5.75 Å². The topological polar surface area (TPSA) is 92.0 Å². The molecule has 0 spiro atoms. The number of hydrogen-bond donors (Lipinski definition) is 3. The molecule has 0 amide bonds. The van der Waals surface area contributed by atoms with Crippen molar-refractivity contribution < 1.29 is 9.50 Å². The third-order valence-electron chi connectivity index (χ3n) is 5.34. The van der Waals surface area contributed by atoms with Crippen LogP contribution in [0.25, 0.3) is 32.8 Å². The van der Waals surface area contributed by atoms with E-state index in [1.54, 1.807) is 12.3 Å². The van der Waals surface area contributed by atoms with Gasteiger partial charge in [0.05, 0.1) is 10.9 Å². The summed E-state index contributed by atoms with van der Waals surface area (Å²) in [7, 11) is 0. The number of rotatable bonds is 3. The summed E-state index contributed by atoms with van der Waals surface area (Å²) in [5.74, 6) is -0.988. The van der Waals surface area contributed by atoms with Crippen LogP contribution in [-0.4, -0.2) is 21.6 Å². The van der Waals surface area contributed by atoms with E-state index in [2.05, 4.69) is 9.97 Å². The van der Waals surface area contributed by atoms with Crippen LogP contribution in [0, 0.1) is 12.7 Å². The number of aromatic hydroxyl groups is 1. The molecule has 0 fully saturated rings. The summed E-state index contributed by atoms with van der Waals surface area (Å²) >= 11 is 0. The number of benzene rings is 2. The summed E-state index contributed by atoms with van der Waals surface area (Å²) in [6, 6.07) is 9.22. The number of nitrogens with one attached hydrogen (secondary N) is 1. The number of H-pyrrole nitrogens is 1. The fourth-order valence-electron chi connectivity index (χ4n) is 3.62. The van der Waals surface area contributed by atoms with Crippen LogP contribution in [0.3, 0.4) is 0 Å². The first-order valence-electron chi connectivity index (χ1n) is 10.0. The molecule has 2 aromatic carbocycles. The van der Waals surface area contributed by atoms with Crippen LogP contribution in [-0.2, 0) is 0 Å². The van der Waals surface area contributed by atoms with Crippen LogP contribution in [0.1, 0.15) is 37.8 Å². The van der Waals surface area contributed by atoms with E-state index in [9.17, 15) is 14.3 Å². The van der Waals surface area contributed by atoms with E-state index >= 15 is 0 Å². The predicted octanol–water partition coefficient (Wildman–Crippen LogP) is 4.98. The number of phenolic OH excluding ortho intramolecular Hbond substituents is 1. The number of halogens is 1. The van der Waals surface area contributed by atoms with E-state index < -0.39 is 11.6 Å². The van der Waals surface area contributed by atoms with Crippen molar-refractivity contribution in [2.45, 2.75) is 33.6 Å². The van der Waals surface area contributed by atoms with Gasteiger partial charge in [0.2, 0.25) is 0 Å². The third kappa shape index (κ3) is 3.44. The van der Waals surface area contributed by atoms with E-state index in [0.717, 1.165) is 5.56 Å². The van der Waals surface area contributed by atoms with Crippen molar-refractivity contribution in [3.8, 4) is 16.9 Å². The molecule has 0 aliphatic carbocycles. The highest BCUT2D eigenvalue weighted by atomic mass is 19.1. The summed E-state index contributed by atoms with van der Waals surface area (Å²) in [5, 5.41) is 12.3. The molecule has 30 heavy (non-hydrogen) atoms. The van der Waals surface area contributed by atoms with Gasteiger partial charge >= 0.3 is 0 Å². The molecule has 0 bridgehead atoms. The van der Waals surface area contributed by atoms with Crippen LogP contribution < -0.4 is 11.3 Å². The van der Waals surface area contributed by atoms with Gasteiger partial charge in [0.1, 0.15) is 0 Å². The highest BCUT2D eigenvalue weighted by Crippen LogP contribution is 2.42. The molecular formula is C24H26FN3O2. The SMILES string of the molecule is CC.Cc1c(F)c(O)c(-c2ccc(C(C)CN)cc2)c2c1[nH]c(=O)c1cnccc12. The van der Waals surface area contributed by atoms with Crippen molar-refractivity contribution in [1.82, 2.24) is 9.97 Å². The zero-order valence-corrected chi connectivity index (χ0v) is 17.6. The maximum Gasteiger partial charge on any atom is 0.257 e. The van der Waals surface area contributed by atoms with E-state index in [1.807, 2.05) is 45.0 Å². The molecule has 1 unspecified atom stereocenters. The van der Waals surface area contributed by atoms with Gasteiger partial charge in [-0.1, -0.05) is 45.0 Å². The van der Waals surface area contributed by atoms with Gasteiger partial charge in [-0.05, 0) is 36.6 Å². The number of nitrogens with two attached hydrogens (primary N) is 1.